The first kappa shape index (κ1) is 15.6. The second kappa shape index (κ2) is 6.80. The summed E-state index contributed by atoms with van der Waals surface area (Å²) in [5.41, 5.74) is 5.90. The van der Waals surface area contributed by atoms with Gasteiger partial charge in [-0.1, -0.05) is 6.92 Å². The van der Waals surface area contributed by atoms with E-state index in [0.717, 1.165) is 38.9 Å². The zero-order valence-corrected chi connectivity index (χ0v) is 14.6. The molecule has 2 aromatic rings. The van der Waals surface area contributed by atoms with E-state index in [1.807, 2.05) is 23.9 Å². The van der Waals surface area contributed by atoms with Gasteiger partial charge in [-0.3, -0.25) is 20.9 Å². The SMILES string of the molecule is CCc1nn(C)c(CC(NN)c2ccc(Br)cn2)c1Br. The summed E-state index contributed by atoms with van der Waals surface area (Å²) < 4.78 is 3.90. The van der Waals surface area contributed by atoms with E-state index in [1.54, 1.807) is 6.20 Å². The number of hydrogen-bond donors (Lipinski definition) is 2. The number of nitrogens with two attached hydrogens (primary N) is 1. The number of hydrogen-bond acceptors (Lipinski definition) is 4. The molecule has 5 nitrogen and oxygen atoms in total. The highest BCUT2D eigenvalue weighted by atomic mass is 79.9. The van der Waals surface area contributed by atoms with Crippen molar-refractivity contribution in [3.05, 3.63) is 44.4 Å². The number of rotatable bonds is 5. The highest BCUT2D eigenvalue weighted by Crippen LogP contribution is 2.26. The zero-order valence-electron chi connectivity index (χ0n) is 11.4. The molecule has 2 heterocycles. The monoisotopic (exact) mass is 401 g/mol. The molecule has 0 saturated heterocycles. The summed E-state index contributed by atoms with van der Waals surface area (Å²) in [6.07, 6.45) is 3.39. The Bertz CT molecular complexity index is 579. The Morgan fingerprint density at radius 3 is 2.65 bits per heavy atom. The first-order valence-electron chi connectivity index (χ1n) is 6.34. The molecule has 1 atom stereocenters. The van der Waals surface area contributed by atoms with Gasteiger partial charge in [0.15, 0.2) is 0 Å². The van der Waals surface area contributed by atoms with E-state index in [-0.39, 0.29) is 6.04 Å². The van der Waals surface area contributed by atoms with Crippen LogP contribution in [0.4, 0.5) is 0 Å². The summed E-state index contributed by atoms with van der Waals surface area (Å²) in [4.78, 5) is 4.40. The van der Waals surface area contributed by atoms with Crippen molar-refractivity contribution in [2.24, 2.45) is 12.9 Å². The molecule has 1 unspecified atom stereocenters. The van der Waals surface area contributed by atoms with Crippen molar-refractivity contribution in [3.63, 3.8) is 0 Å². The number of nitrogens with zero attached hydrogens (tertiary/aromatic N) is 3. The molecule has 0 spiro atoms. The summed E-state index contributed by atoms with van der Waals surface area (Å²) in [5.74, 6) is 5.68. The Balaban J connectivity index is 2.26. The minimum atomic E-state index is -0.0560. The van der Waals surface area contributed by atoms with E-state index in [2.05, 4.69) is 54.3 Å². The number of hydrazine groups is 1. The van der Waals surface area contributed by atoms with Crippen molar-refractivity contribution < 1.29 is 0 Å². The van der Waals surface area contributed by atoms with E-state index < -0.39 is 0 Å². The van der Waals surface area contributed by atoms with Gasteiger partial charge < -0.3 is 0 Å². The molecule has 7 heteroatoms. The van der Waals surface area contributed by atoms with Crippen LogP contribution in [0, 0.1) is 0 Å². The van der Waals surface area contributed by atoms with Crippen LogP contribution < -0.4 is 11.3 Å². The largest absolute Gasteiger partial charge is 0.271 e. The Hall–Kier alpha value is -0.760. The molecule has 2 aromatic heterocycles. The summed E-state index contributed by atoms with van der Waals surface area (Å²) in [7, 11) is 1.95. The number of pyridine rings is 1. The fourth-order valence-electron chi connectivity index (χ4n) is 2.08. The molecular formula is C13H17Br2N5. The van der Waals surface area contributed by atoms with Gasteiger partial charge in [0.05, 0.1) is 27.6 Å². The molecule has 0 bridgehead atoms. The molecule has 0 fully saturated rings. The summed E-state index contributed by atoms with van der Waals surface area (Å²) >= 11 is 7.01. The molecule has 2 rings (SSSR count). The van der Waals surface area contributed by atoms with E-state index in [1.165, 1.54) is 0 Å². The molecule has 0 aliphatic carbocycles. The second-order valence-corrected chi connectivity index (χ2v) is 6.22. The van der Waals surface area contributed by atoms with Crippen LogP contribution in [0.15, 0.2) is 27.3 Å². The maximum Gasteiger partial charge on any atom is 0.0766 e. The van der Waals surface area contributed by atoms with Gasteiger partial charge in [0, 0.05) is 24.1 Å². The second-order valence-electron chi connectivity index (χ2n) is 4.51. The lowest BCUT2D eigenvalue weighted by atomic mass is 10.1. The third-order valence-electron chi connectivity index (χ3n) is 3.21. The highest BCUT2D eigenvalue weighted by Gasteiger charge is 2.19. The molecule has 0 amide bonds. The first-order valence-corrected chi connectivity index (χ1v) is 7.93. The lowest BCUT2D eigenvalue weighted by Crippen LogP contribution is -2.30. The molecule has 108 valence electrons. The fraction of sp³-hybridized carbons (Fsp3) is 0.385. The van der Waals surface area contributed by atoms with Crippen LogP contribution in [0.1, 0.15) is 30.0 Å². The maximum absolute atomic E-state index is 5.68. The average molecular weight is 403 g/mol. The minimum Gasteiger partial charge on any atom is -0.271 e. The van der Waals surface area contributed by atoms with Crippen molar-refractivity contribution in [2.75, 3.05) is 0 Å². The van der Waals surface area contributed by atoms with Crippen molar-refractivity contribution >= 4 is 31.9 Å². The Morgan fingerprint density at radius 1 is 1.40 bits per heavy atom. The molecule has 0 aromatic carbocycles. The quantitative estimate of drug-likeness (QED) is 0.595. The predicted molar refractivity (Wildman–Crippen MR) is 86.0 cm³/mol. The summed E-state index contributed by atoms with van der Waals surface area (Å²) in [6.45, 7) is 2.09. The normalized spacial score (nSPS) is 12.7. The lowest BCUT2D eigenvalue weighted by molar-refractivity contribution is 0.517. The van der Waals surface area contributed by atoms with Crippen LogP contribution in [0.2, 0.25) is 0 Å². The fourth-order valence-corrected chi connectivity index (χ4v) is 3.09. The van der Waals surface area contributed by atoms with Crippen LogP contribution in [-0.4, -0.2) is 14.8 Å². The van der Waals surface area contributed by atoms with Crippen LogP contribution in [-0.2, 0) is 19.9 Å². The van der Waals surface area contributed by atoms with Gasteiger partial charge in [-0.25, -0.2) is 0 Å². The number of aryl methyl sites for hydroxylation is 2. The lowest BCUT2D eigenvalue weighted by Gasteiger charge is -2.16. The third-order valence-corrected chi connectivity index (χ3v) is 4.59. The van der Waals surface area contributed by atoms with Gasteiger partial charge in [-0.05, 0) is 50.4 Å². The van der Waals surface area contributed by atoms with Crippen molar-refractivity contribution in [1.82, 2.24) is 20.2 Å². The minimum absolute atomic E-state index is 0.0560. The molecule has 3 N–H and O–H groups in total. The third kappa shape index (κ3) is 3.28. The predicted octanol–water partition coefficient (Wildman–Crippen LogP) is 2.65. The van der Waals surface area contributed by atoms with Crippen molar-refractivity contribution in [1.29, 1.82) is 0 Å². The Labute approximate surface area is 135 Å². The van der Waals surface area contributed by atoms with Gasteiger partial charge in [0.1, 0.15) is 0 Å². The van der Waals surface area contributed by atoms with Crippen LogP contribution in [0.3, 0.4) is 0 Å². The zero-order chi connectivity index (χ0) is 14.7. The van der Waals surface area contributed by atoms with Crippen molar-refractivity contribution in [2.45, 2.75) is 25.8 Å². The van der Waals surface area contributed by atoms with E-state index in [9.17, 15) is 0 Å². The summed E-state index contributed by atoms with van der Waals surface area (Å²) in [6, 6.07) is 3.86. The van der Waals surface area contributed by atoms with Gasteiger partial charge >= 0.3 is 0 Å². The molecule has 0 radical (unpaired) electrons. The van der Waals surface area contributed by atoms with Crippen LogP contribution in [0.25, 0.3) is 0 Å². The number of aromatic nitrogens is 3. The van der Waals surface area contributed by atoms with Crippen LogP contribution >= 0.6 is 31.9 Å². The van der Waals surface area contributed by atoms with Gasteiger partial charge in [0.25, 0.3) is 0 Å². The van der Waals surface area contributed by atoms with Crippen LogP contribution in [0.5, 0.6) is 0 Å². The maximum atomic E-state index is 5.68. The van der Waals surface area contributed by atoms with Crippen molar-refractivity contribution in [3.8, 4) is 0 Å². The van der Waals surface area contributed by atoms with E-state index >= 15 is 0 Å². The topological polar surface area (TPSA) is 68.8 Å². The van der Waals surface area contributed by atoms with Gasteiger partial charge in [0.2, 0.25) is 0 Å². The van der Waals surface area contributed by atoms with Gasteiger partial charge in [-0.2, -0.15) is 5.10 Å². The highest BCUT2D eigenvalue weighted by molar-refractivity contribution is 9.10. The molecule has 0 aliphatic rings. The first-order chi connectivity index (χ1) is 9.56. The molecule has 20 heavy (non-hydrogen) atoms. The molecule has 0 saturated carbocycles. The Morgan fingerprint density at radius 2 is 2.15 bits per heavy atom. The number of halogens is 2. The molecule has 0 aliphatic heterocycles. The summed E-state index contributed by atoms with van der Waals surface area (Å²) in [5, 5.41) is 4.50. The van der Waals surface area contributed by atoms with E-state index in [4.69, 9.17) is 5.84 Å². The smallest absolute Gasteiger partial charge is 0.0766 e. The standard InChI is InChI=1S/C13H17Br2N5/c1-3-9-13(15)12(20(2)19-9)6-11(18-16)10-5-4-8(14)7-17-10/h4-5,7,11,18H,3,6,16H2,1-2H3. The number of nitrogens with one attached hydrogen (secondary N) is 1. The van der Waals surface area contributed by atoms with E-state index in [0.29, 0.717) is 0 Å². The van der Waals surface area contributed by atoms with Gasteiger partial charge in [-0.15, -0.1) is 0 Å². The average Bonchev–Trinajstić information content (AvgIpc) is 2.72. The molecular weight excluding hydrogens is 386 g/mol. The Kier molecular flexibility index (Phi) is 5.31.